The molecule has 1 atom stereocenters. The second kappa shape index (κ2) is 6.92. The molecule has 0 aliphatic rings. The summed E-state index contributed by atoms with van der Waals surface area (Å²) in [7, 11) is 0. The molecule has 4 heterocycles. The van der Waals surface area contributed by atoms with Crippen LogP contribution in [0.5, 0.6) is 0 Å². The molecule has 4 rings (SSSR count). The molecule has 0 aliphatic heterocycles. The van der Waals surface area contributed by atoms with Gasteiger partial charge in [-0.1, -0.05) is 6.07 Å². The summed E-state index contributed by atoms with van der Waals surface area (Å²) in [6.07, 6.45) is 3.41. The number of pyridine rings is 1. The molecule has 0 aromatic carbocycles. The number of carbonyl (C=O) groups excluding carboxylic acids is 1. The Labute approximate surface area is 159 Å². The van der Waals surface area contributed by atoms with Crippen molar-refractivity contribution in [3.05, 3.63) is 47.0 Å². The first-order valence-corrected chi connectivity index (χ1v) is 9.39. The molecule has 0 aliphatic carbocycles. The lowest BCUT2D eigenvalue weighted by Crippen LogP contribution is -2.12. The summed E-state index contributed by atoms with van der Waals surface area (Å²) >= 11 is 1.31. The van der Waals surface area contributed by atoms with Crippen molar-refractivity contribution >= 4 is 39.0 Å². The molecular weight excluding hydrogens is 364 g/mol. The summed E-state index contributed by atoms with van der Waals surface area (Å²) in [5.41, 5.74) is 1.60. The van der Waals surface area contributed by atoms with E-state index in [-0.39, 0.29) is 12.0 Å². The van der Waals surface area contributed by atoms with E-state index in [2.05, 4.69) is 25.5 Å². The highest BCUT2D eigenvalue weighted by atomic mass is 32.1. The monoisotopic (exact) mass is 382 g/mol. The lowest BCUT2D eigenvalue weighted by atomic mass is 10.2. The van der Waals surface area contributed by atoms with Crippen LogP contribution in [-0.2, 0) is 4.74 Å². The van der Waals surface area contributed by atoms with E-state index in [0.717, 1.165) is 27.3 Å². The average Bonchev–Trinajstić information content (AvgIpc) is 3.24. The van der Waals surface area contributed by atoms with Gasteiger partial charge in [0, 0.05) is 6.20 Å². The molecule has 27 heavy (non-hydrogen) atoms. The SMILES string of the molecule is CCOC(=O)c1sc2ncnc(NC(C)c3nnc4ccccn34)c2c1C. The van der Waals surface area contributed by atoms with Crippen molar-refractivity contribution < 1.29 is 9.53 Å². The van der Waals surface area contributed by atoms with E-state index in [9.17, 15) is 4.79 Å². The summed E-state index contributed by atoms with van der Waals surface area (Å²) < 4.78 is 7.08. The zero-order valence-electron chi connectivity index (χ0n) is 15.1. The standard InChI is InChI=1S/C18H18N6O2S/c1-4-26-18(25)14-10(2)13-15(19-9-20-17(13)27-14)21-11(3)16-23-22-12-7-5-6-8-24(12)16/h5-9,11H,4H2,1-3H3,(H,19,20,21). The third-order valence-corrected chi connectivity index (χ3v) is 5.45. The predicted octanol–water partition coefficient (Wildman–Crippen LogP) is 3.39. The van der Waals surface area contributed by atoms with Gasteiger partial charge in [0.05, 0.1) is 18.0 Å². The van der Waals surface area contributed by atoms with Crippen LogP contribution in [0.4, 0.5) is 5.82 Å². The zero-order chi connectivity index (χ0) is 19.0. The number of aryl methyl sites for hydroxylation is 1. The maximum absolute atomic E-state index is 12.2. The van der Waals surface area contributed by atoms with Gasteiger partial charge in [0.25, 0.3) is 0 Å². The summed E-state index contributed by atoms with van der Waals surface area (Å²) in [6, 6.07) is 5.61. The molecule has 0 amide bonds. The number of aromatic nitrogens is 5. The Hall–Kier alpha value is -3.07. The molecule has 0 saturated heterocycles. The van der Waals surface area contributed by atoms with Crippen LogP contribution in [0.1, 0.15) is 40.9 Å². The highest BCUT2D eigenvalue weighted by Gasteiger charge is 2.22. The minimum absolute atomic E-state index is 0.147. The van der Waals surface area contributed by atoms with Crippen molar-refractivity contribution in [1.82, 2.24) is 24.6 Å². The second-order valence-corrected chi connectivity index (χ2v) is 7.03. The van der Waals surface area contributed by atoms with E-state index >= 15 is 0 Å². The van der Waals surface area contributed by atoms with Gasteiger partial charge < -0.3 is 10.1 Å². The fourth-order valence-corrected chi connectivity index (χ4v) is 4.04. The number of anilines is 1. The summed E-state index contributed by atoms with van der Waals surface area (Å²) in [4.78, 5) is 22.2. The topological polar surface area (TPSA) is 94.3 Å². The smallest absolute Gasteiger partial charge is 0.348 e. The third kappa shape index (κ3) is 2.99. The van der Waals surface area contributed by atoms with Gasteiger partial charge >= 0.3 is 5.97 Å². The molecule has 4 aromatic heterocycles. The molecule has 1 N–H and O–H groups in total. The minimum atomic E-state index is -0.333. The quantitative estimate of drug-likeness (QED) is 0.529. The summed E-state index contributed by atoms with van der Waals surface area (Å²) in [6.45, 7) is 6.00. The lowest BCUT2D eigenvalue weighted by molar-refractivity contribution is 0.0531. The van der Waals surface area contributed by atoms with Gasteiger partial charge in [0.2, 0.25) is 0 Å². The fourth-order valence-electron chi connectivity index (χ4n) is 3.00. The molecule has 8 nitrogen and oxygen atoms in total. The Balaban J connectivity index is 1.72. The lowest BCUT2D eigenvalue weighted by Gasteiger charge is -2.14. The molecule has 0 radical (unpaired) electrons. The molecule has 9 heteroatoms. The van der Waals surface area contributed by atoms with Crippen molar-refractivity contribution in [1.29, 1.82) is 0 Å². The molecule has 138 valence electrons. The third-order valence-electron chi connectivity index (χ3n) is 4.27. The summed E-state index contributed by atoms with van der Waals surface area (Å²) in [5, 5.41) is 12.7. The number of thiophene rings is 1. The van der Waals surface area contributed by atoms with Crippen molar-refractivity contribution in [3.8, 4) is 0 Å². The Bertz CT molecular complexity index is 1140. The van der Waals surface area contributed by atoms with E-state index in [0.29, 0.717) is 17.3 Å². The van der Waals surface area contributed by atoms with Gasteiger partial charge in [-0.3, -0.25) is 4.40 Å². The number of esters is 1. The Morgan fingerprint density at radius 3 is 3.00 bits per heavy atom. The number of hydrogen-bond donors (Lipinski definition) is 1. The normalized spacial score (nSPS) is 12.4. The van der Waals surface area contributed by atoms with Crippen LogP contribution in [0, 0.1) is 6.92 Å². The Kier molecular flexibility index (Phi) is 4.44. The number of ether oxygens (including phenoxy) is 1. The van der Waals surface area contributed by atoms with Crippen molar-refractivity contribution in [2.45, 2.75) is 26.8 Å². The number of nitrogens with zero attached hydrogens (tertiary/aromatic N) is 5. The van der Waals surface area contributed by atoms with Crippen LogP contribution < -0.4 is 5.32 Å². The van der Waals surface area contributed by atoms with E-state index in [1.807, 2.05) is 42.6 Å². The minimum Gasteiger partial charge on any atom is -0.462 e. The van der Waals surface area contributed by atoms with Crippen molar-refractivity contribution in [2.24, 2.45) is 0 Å². The summed E-state index contributed by atoms with van der Waals surface area (Å²) in [5.74, 6) is 1.10. The maximum atomic E-state index is 12.2. The van der Waals surface area contributed by atoms with Crippen molar-refractivity contribution in [2.75, 3.05) is 11.9 Å². The largest absolute Gasteiger partial charge is 0.462 e. The first kappa shape index (κ1) is 17.3. The maximum Gasteiger partial charge on any atom is 0.348 e. The molecular formula is C18H18N6O2S. The van der Waals surface area contributed by atoms with E-state index in [4.69, 9.17) is 4.74 Å². The second-order valence-electron chi connectivity index (χ2n) is 6.03. The molecule has 0 bridgehead atoms. The molecule has 0 spiro atoms. The van der Waals surface area contributed by atoms with Crippen LogP contribution in [-0.4, -0.2) is 37.1 Å². The van der Waals surface area contributed by atoms with Gasteiger partial charge in [-0.25, -0.2) is 14.8 Å². The zero-order valence-corrected chi connectivity index (χ0v) is 15.9. The van der Waals surface area contributed by atoms with Gasteiger partial charge in [-0.15, -0.1) is 21.5 Å². The van der Waals surface area contributed by atoms with E-state index < -0.39 is 0 Å². The highest BCUT2D eigenvalue weighted by Crippen LogP contribution is 2.34. The van der Waals surface area contributed by atoms with E-state index in [1.54, 1.807) is 6.92 Å². The van der Waals surface area contributed by atoms with Crippen LogP contribution in [0.15, 0.2) is 30.7 Å². The molecule has 0 saturated carbocycles. The number of carbonyl (C=O) groups is 1. The van der Waals surface area contributed by atoms with Gasteiger partial charge in [0.1, 0.15) is 21.9 Å². The van der Waals surface area contributed by atoms with Crippen LogP contribution in [0.2, 0.25) is 0 Å². The van der Waals surface area contributed by atoms with Crippen molar-refractivity contribution in [3.63, 3.8) is 0 Å². The fraction of sp³-hybridized carbons (Fsp3) is 0.278. The Morgan fingerprint density at radius 2 is 2.19 bits per heavy atom. The van der Waals surface area contributed by atoms with E-state index in [1.165, 1.54) is 17.7 Å². The number of rotatable bonds is 5. The average molecular weight is 382 g/mol. The first-order chi connectivity index (χ1) is 13.1. The van der Waals surface area contributed by atoms with Gasteiger partial charge in [-0.05, 0) is 38.5 Å². The van der Waals surface area contributed by atoms with Crippen LogP contribution in [0.3, 0.4) is 0 Å². The predicted molar refractivity (Wildman–Crippen MR) is 103 cm³/mol. The number of fused-ring (bicyclic) bond motifs is 2. The molecule has 1 unspecified atom stereocenters. The molecule has 4 aromatic rings. The van der Waals surface area contributed by atoms with Gasteiger partial charge in [-0.2, -0.15) is 0 Å². The molecule has 0 fully saturated rings. The first-order valence-electron chi connectivity index (χ1n) is 8.57. The van der Waals surface area contributed by atoms with Crippen LogP contribution in [0.25, 0.3) is 15.9 Å². The number of nitrogens with one attached hydrogen (secondary N) is 1. The van der Waals surface area contributed by atoms with Gasteiger partial charge in [0.15, 0.2) is 11.5 Å². The highest BCUT2D eigenvalue weighted by molar-refractivity contribution is 7.20. The van der Waals surface area contributed by atoms with Crippen LogP contribution >= 0.6 is 11.3 Å². The number of hydrogen-bond acceptors (Lipinski definition) is 8. The Morgan fingerprint density at radius 1 is 1.33 bits per heavy atom.